The lowest BCUT2D eigenvalue weighted by atomic mass is 10.0. The van der Waals surface area contributed by atoms with Gasteiger partial charge >= 0.3 is 0 Å². The lowest BCUT2D eigenvalue weighted by molar-refractivity contribution is -0.130. The van der Waals surface area contributed by atoms with E-state index in [4.69, 9.17) is 4.74 Å². The van der Waals surface area contributed by atoms with Gasteiger partial charge in [-0.2, -0.15) is 0 Å². The third-order valence-corrected chi connectivity index (χ3v) is 4.73. The summed E-state index contributed by atoms with van der Waals surface area (Å²) >= 11 is 0. The number of carbonyl (C=O) groups excluding carboxylic acids is 1. The van der Waals surface area contributed by atoms with Crippen LogP contribution < -0.4 is 10.3 Å². The van der Waals surface area contributed by atoms with Gasteiger partial charge in [-0.15, -0.1) is 0 Å². The largest absolute Gasteiger partial charge is 0.497 e. The third kappa shape index (κ3) is 4.19. The molecule has 0 fully saturated rings. The van der Waals surface area contributed by atoms with Crippen LogP contribution in [0.1, 0.15) is 29.2 Å². The Labute approximate surface area is 158 Å². The highest BCUT2D eigenvalue weighted by atomic mass is 16.5. The third-order valence-electron chi connectivity index (χ3n) is 4.73. The number of aromatic nitrogens is 1. The molecule has 0 aliphatic heterocycles. The zero-order chi connectivity index (χ0) is 19.6. The van der Waals surface area contributed by atoms with Crippen molar-refractivity contribution in [2.24, 2.45) is 0 Å². The normalized spacial score (nSPS) is 10.8. The van der Waals surface area contributed by atoms with E-state index in [1.165, 1.54) is 6.92 Å². The average molecular weight is 364 g/mol. The predicted molar refractivity (Wildman–Crippen MR) is 107 cm³/mol. The number of nitrogens with one attached hydrogen (secondary N) is 1. The fourth-order valence-corrected chi connectivity index (χ4v) is 3.27. The lowest BCUT2D eigenvalue weighted by Crippen LogP contribution is -2.30. The molecule has 3 aromatic rings. The van der Waals surface area contributed by atoms with Gasteiger partial charge in [-0.1, -0.05) is 18.2 Å². The highest BCUT2D eigenvalue weighted by molar-refractivity contribution is 5.83. The summed E-state index contributed by atoms with van der Waals surface area (Å²) in [6, 6.07) is 13.5. The second kappa shape index (κ2) is 7.66. The van der Waals surface area contributed by atoms with Crippen LogP contribution in [0.15, 0.2) is 47.3 Å². The molecule has 0 spiro atoms. The molecular weight excluding hydrogens is 340 g/mol. The van der Waals surface area contributed by atoms with Crippen molar-refractivity contribution in [2.45, 2.75) is 33.9 Å². The minimum atomic E-state index is -0.159. The van der Waals surface area contributed by atoms with E-state index in [0.717, 1.165) is 33.3 Å². The van der Waals surface area contributed by atoms with E-state index in [1.54, 1.807) is 12.0 Å². The summed E-state index contributed by atoms with van der Waals surface area (Å²) in [5, 5.41) is 1.00. The lowest BCUT2D eigenvalue weighted by Gasteiger charge is -2.21. The molecule has 0 aliphatic rings. The van der Waals surface area contributed by atoms with Gasteiger partial charge in [0.2, 0.25) is 5.91 Å². The number of aryl methyl sites for hydroxylation is 2. The minimum Gasteiger partial charge on any atom is -0.497 e. The molecule has 1 amide bonds. The molecule has 0 atom stereocenters. The van der Waals surface area contributed by atoms with Crippen LogP contribution in [0.4, 0.5) is 0 Å². The molecule has 0 aliphatic carbocycles. The van der Waals surface area contributed by atoms with Crippen LogP contribution in [0.2, 0.25) is 0 Å². The molecule has 27 heavy (non-hydrogen) atoms. The first-order valence-electron chi connectivity index (χ1n) is 8.89. The van der Waals surface area contributed by atoms with Crippen molar-refractivity contribution < 1.29 is 9.53 Å². The molecule has 0 saturated carbocycles. The highest BCUT2D eigenvalue weighted by Crippen LogP contribution is 2.20. The SMILES string of the molecule is COc1ccc(CN(Cc2cc3c(C)cc(C)cc3[nH]c2=O)C(C)=O)cc1. The quantitative estimate of drug-likeness (QED) is 0.751. The number of fused-ring (bicyclic) bond motifs is 1. The summed E-state index contributed by atoms with van der Waals surface area (Å²) in [5.74, 6) is 0.691. The van der Waals surface area contributed by atoms with Crippen molar-refractivity contribution in [3.63, 3.8) is 0 Å². The van der Waals surface area contributed by atoms with Crippen molar-refractivity contribution in [1.82, 2.24) is 9.88 Å². The smallest absolute Gasteiger partial charge is 0.253 e. The Balaban J connectivity index is 1.90. The highest BCUT2D eigenvalue weighted by Gasteiger charge is 2.14. The van der Waals surface area contributed by atoms with Crippen LogP contribution in [0, 0.1) is 13.8 Å². The molecule has 1 aromatic heterocycles. The van der Waals surface area contributed by atoms with Crippen LogP contribution in [0.25, 0.3) is 10.9 Å². The second-order valence-electron chi connectivity index (χ2n) is 6.89. The summed E-state index contributed by atoms with van der Waals surface area (Å²) in [4.78, 5) is 29.3. The molecule has 0 unspecified atom stereocenters. The van der Waals surface area contributed by atoms with E-state index in [2.05, 4.69) is 11.1 Å². The zero-order valence-electron chi connectivity index (χ0n) is 16.1. The Morgan fingerprint density at radius 1 is 1.07 bits per heavy atom. The molecular formula is C22H24N2O3. The molecule has 0 saturated heterocycles. The van der Waals surface area contributed by atoms with Gasteiger partial charge in [0.25, 0.3) is 5.56 Å². The molecule has 1 heterocycles. The molecule has 0 bridgehead atoms. The molecule has 1 N–H and O–H groups in total. The Morgan fingerprint density at radius 2 is 1.78 bits per heavy atom. The molecule has 5 heteroatoms. The van der Waals surface area contributed by atoms with Gasteiger partial charge in [-0.3, -0.25) is 9.59 Å². The van der Waals surface area contributed by atoms with Gasteiger partial charge in [0, 0.05) is 29.9 Å². The number of pyridine rings is 1. The van der Waals surface area contributed by atoms with Crippen molar-refractivity contribution in [3.8, 4) is 5.75 Å². The Morgan fingerprint density at radius 3 is 2.41 bits per heavy atom. The first-order chi connectivity index (χ1) is 12.9. The van der Waals surface area contributed by atoms with Gasteiger partial charge in [0.15, 0.2) is 0 Å². The van der Waals surface area contributed by atoms with Crippen LogP contribution in [-0.4, -0.2) is 22.9 Å². The Hall–Kier alpha value is -3.08. The predicted octanol–water partition coefficient (Wildman–Crippen LogP) is 3.70. The minimum absolute atomic E-state index is 0.0778. The number of methoxy groups -OCH3 is 1. The maximum Gasteiger partial charge on any atom is 0.253 e. The van der Waals surface area contributed by atoms with Crippen LogP contribution in [0.5, 0.6) is 5.75 Å². The maximum atomic E-state index is 12.5. The number of hydrogen-bond acceptors (Lipinski definition) is 3. The van der Waals surface area contributed by atoms with E-state index in [1.807, 2.05) is 50.2 Å². The van der Waals surface area contributed by atoms with Crippen molar-refractivity contribution >= 4 is 16.8 Å². The average Bonchev–Trinajstić information content (AvgIpc) is 2.62. The van der Waals surface area contributed by atoms with Crippen molar-refractivity contribution in [2.75, 3.05) is 7.11 Å². The van der Waals surface area contributed by atoms with Gasteiger partial charge in [-0.25, -0.2) is 0 Å². The number of H-pyrrole nitrogens is 1. The van der Waals surface area contributed by atoms with E-state index >= 15 is 0 Å². The number of carbonyl (C=O) groups is 1. The summed E-state index contributed by atoms with van der Waals surface area (Å²) in [7, 11) is 1.62. The second-order valence-corrected chi connectivity index (χ2v) is 6.89. The monoisotopic (exact) mass is 364 g/mol. The molecule has 2 aromatic carbocycles. The van der Waals surface area contributed by atoms with Crippen molar-refractivity contribution in [1.29, 1.82) is 0 Å². The van der Waals surface area contributed by atoms with Gasteiger partial charge in [0.1, 0.15) is 5.75 Å². The van der Waals surface area contributed by atoms with Gasteiger partial charge in [-0.05, 0) is 54.8 Å². The summed E-state index contributed by atoms with van der Waals surface area (Å²) in [6.45, 7) is 6.25. The molecule has 0 radical (unpaired) electrons. The van der Waals surface area contributed by atoms with E-state index in [-0.39, 0.29) is 18.0 Å². The first-order valence-corrected chi connectivity index (χ1v) is 8.89. The number of ether oxygens (including phenoxy) is 1. The number of amides is 1. The van der Waals surface area contributed by atoms with Gasteiger partial charge in [0.05, 0.1) is 13.7 Å². The molecule has 140 valence electrons. The number of hydrogen-bond donors (Lipinski definition) is 1. The number of nitrogens with zero attached hydrogens (tertiary/aromatic N) is 1. The molecule has 3 rings (SSSR count). The van der Waals surface area contributed by atoms with Crippen LogP contribution in [0.3, 0.4) is 0 Å². The fourth-order valence-electron chi connectivity index (χ4n) is 3.27. The maximum absolute atomic E-state index is 12.5. The Kier molecular flexibility index (Phi) is 5.31. The number of aromatic amines is 1. The zero-order valence-corrected chi connectivity index (χ0v) is 16.1. The molecule has 5 nitrogen and oxygen atoms in total. The number of benzene rings is 2. The van der Waals surface area contributed by atoms with Crippen molar-refractivity contribution in [3.05, 3.63) is 75.1 Å². The summed E-state index contributed by atoms with van der Waals surface area (Å²) in [6.07, 6.45) is 0. The fraction of sp³-hybridized carbons (Fsp3) is 0.273. The number of rotatable bonds is 5. The summed E-state index contributed by atoms with van der Waals surface area (Å²) in [5.41, 5.74) is 4.44. The van der Waals surface area contributed by atoms with Crippen LogP contribution >= 0.6 is 0 Å². The van der Waals surface area contributed by atoms with Gasteiger partial charge < -0.3 is 14.6 Å². The van der Waals surface area contributed by atoms with E-state index < -0.39 is 0 Å². The topological polar surface area (TPSA) is 62.4 Å². The van der Waals surface area contributed by atoms with E-state index in [0.29, 0.717) is 12.1 Å². The Bertz CT molecular complexity index is 1040. The van der Waals surface area contributed by atoms with E-state index in [9.17, 15) is 9.59 Å². The van der Waals surface area contributed by atoms with Crippen LogP contribution in [-0.2, 0) is 17.9 Å². The standard InChI is InChI=1S/C22H24N2O3/c1-14-9-15(2)20-11-18(22(26)23-21(20)10-14)13-24(16(3)25)12-17-5-7-19(27-4)8-6-17/h5-11H,12-13H2,1-4H3,(H,23,26). The summed E-state index contributed by atoms with van der Waals surface area (Å²) < 4.78 is 5.17. The first kappa shape index (κ1) is 18.7.